The molecule has 1 rings (SSSR count). The van der Waals surface area contributed by atoms with E-state index in [1.807, 2.05) is 0 Å². The average molecular weight is 264 g/mol. The number of aliphatic carboxylic acids is 1. The number of rotatable bonds is 4. The highest BCUT2D eigenvalue weighted by atomic mass is 16.4. The number of urea groups is 1. The molecule has 1 aromatic carbocycles. The number of amides is 3. The summed E-state index contributed by atoms with van der Waals surface area (Å²) in [5, 5.41) is 13.4. The van der Waals surface area contributed by atoms with Gasteiger partial charge < -0.3 is 10.4 Å². The first-order valence-corrected chi connectivity index (χ1v) is 5.70. The van der Waals surface area contributed by atoms with E-state index in [4.69, 9.17) is 5.11 Å². The second-order valence-corrected chi connectivity index (χ2v) is 4.73. The van der Waals surface area contributed by atoms with E-state index in [0.717, 1.165) is 0 Å². The summed E-state index contributed by atoms with van der Waals surface area (Å²) in [7, 11) is 0. The Morgan fingerprint density at radius 1 is 1.16 bits per heavy atom. The molecule has 102 valence electrons. The highest BCUT2D eigenvalue weighted by molar-refractivity contribution is 6.02. The number of hydrogen-bond donors (Lipinski definition) is 3. The van der Waals surface area contributed by atoms with Crippen LogP contribution in [0.25, 0.3) is 0 Å². The molecule has 0 aromatic heterocycles. The van der Waals surface area contributed by atoms with Gasteiger partial charge in [-0.25, -0.2) is 4.79 Å². The van der Waals surface area contributed by atoms with Gasteiger partial charge in [0.05, 0.1) is 5.41 Å². The van der Waals surface area contributed by atoms with E-state index in [9.17, 15) is 14.4 Å². The number of para-hydroxylation sites is 1. The van der Waals surface area contributed by atoms with Gasteiger partial charge in [0.15, 0.2) is 0 Å². The van der Waals surface area contributed by atoms with Gasteiger partial charge in [-0.15, -0.1) is 0 Å². The lowest BCUT2D eigenvalue weighted by Crippen LogP contribution is -2.38. The van der Waals surface area contributed by atoms with Crippen molar-refractivity contribution in [2.75, 3.05) is 5.32 Å². The summed E-state index contributed by atoms with van der Waals surface area (Å²) < 4.78 is 0. The summed E-state index contributed by atoms with van der Waals surface area (Å²) in [4.78, 5) is 33.9. The van der Waals surface area contributed by atoms with Crippen LogP contribution in [0.4, 0.5) is 10.5 Å². The van der Waals surface area contributed by atoms with Crippen LogP contribution in [0.1, 0.15) is 20.3 Å². The third-order valence-electron chi connectivity index (χ3n) is 2.47. The minimum absolute atomic E-state index is 0.273. The molecular formula is C13H16N2O4. The van der Waals surface area contributed by atoms with Crippen LogP contribution in [0.15, 0.2) is 30.3 Å². The second-order valence-electron chi connectivity index (χ2n) is 4.73. The lowest BCUT2D eigenvalue weighted by molar-refractivity contribution is -0.149. The van der Waals surface area contributed by atoms with Crippen LogP contribution in [0.5, 0.6) is 0 Å². The Morgan fingerprint density at radius 2 is 1.74 bits per heavy atom. The standard InChI is InChI=1S/C13H16N2O4/c1-13(2,11(17)18)8-10(16)15-12(19)14-9-6-4-3-5-7-9/h3-7H,8H2,1-2H3,(H,17,18)(H2,14,15,16,19). The predicted octanol–water partition coefficient (Wildman–Crippen LogP) is 1.84. The molecule has 0 spiro atoms. The number of carboxylic acids is 1. The molecule has 0 atom stereocenters. The molecule has 0 bridgehead atoms. The van der Waals surface area contributed by atoms with Crippen molar-refractivity contribution < 1.29 is 19.5 Å². The first-order valence-electron chi connectivity index (χ1n) is 5.70. The zero-order valence-corrected chi connectivity index (χ0v) is 10.8. The van der Waals surface area contributed by atoms with Crippen molar-refractivity contribution in [3.63, 3.8) is 0 Å². The van der Waals surface area contributed by atoms with Gasteiger partial charge in [-0.3, -0.25) is 14.9 Å². The fraction of sp³-hybridized carbons (Fsp3) is 0.308. The number of benzene rings is 1. The number of anilines is 1. The Hall–Kier alpha value is -2.37. The van der Waals surface area contributed by atoms with Crippen LogP contribution < -0.4 is 10.6 Å². The molecule has 0 unspecified atom stereocenters. The summed E-state index contributed by atoms with van der Waals surface area (Å²) in [6, 6.07) is 7.94. The van der Waals surface area contributed by atoms with E-state index < -0.39 is 23.3 Å². The van der Waals surface area contributed by atoms with Crippen molar-refractivity contribution in [3.8, 4) is 0 Å². The van der Waals surface area contributed by atoms with E-state index in [1.165, 1.54) is 13.8 Å². The summed E-state index contributed by atoms with van der Waals surface area (Å²) in [6.45, 7) is 2.84. The Labute approximate surface area is 110 Å². The van der Waals surface area contributed by atoms with Crippen LogP contribution in [-0.4, -0.2) is 23.0 Å². The molecule has 3 amide bonds. The molecule has 19 heavy (non-hydrogen) atoms. The van der Waals surface area contributed by atoms with Crippen LogP contribution in [0, 0.1) is 5.41 Å². The number of carbonyl (C=O) groups excluding carboxylic acids is 2. The third-order valence-corrected chi connectivity index (χ3v) is 2.47. The van der Waals surface area contributed by atoms with Gasteiger partial charge in [-0.2, -0.15) is 0 Å². The maximum absolute atomic E-state index is 11.5. The summed E-state index contributed by atoms with van der Waals surface area (Å²) in [5.41, 5.74) is -0.665. The van der Waals surface area contributed by atoms with Crippen LogP contribution in [0.3, 0.4) is 0 Å². The average Bonchev–Trinajstić information content (AvgIpc) is 2.28. The normalized spacial score (nSPS) is 10.6. The van der Waals surface area contributed by atoms with E-state index in [1.54, 1.807) is 30.3 Å². The SMILES string of the molecule is CC(C)(CC(=O)NC(=O)Nc1ccccc1)C(=O)O. The molecule has 6 heteroatoms. The van der Waals surface area contributed by atoms with Crippen molar-refractivity contribution in [1.82, 2.24) is 5.32 Å². The zero-order valence-electron chi connectivity index (χ0n) is 10.8. The van der Waals surface area contributed by atoms with Gasteiger partial charge in [0.2, 0.25) is 5.91 Å². The molecule has 1 aromatic rings. The van der Waals surface area contributed by atoms with E-state index in [2.05, 4.69) is 10.6 Å². The Balaban J connectivity index is 2.49. The first-order chi connectivity index (χ1) is 8.81. The Morgan fingerprint density at radius 3 is 2.26 bits per heavy atom. The third kappa shape index (κ3) is 4.79. The van der Waals surface area contributed by atoms with Crippen molar-refractivity contribution in [3.05, 3.63) is 30.3 Å². The maximum Gasteiger partial charge on any atom is 0.325 e. The van der Waals surface area contributed by atoms with Gasteiger partial charge in [0.1, 0.15) is 0 Å². The molecule has 0 saturated heterocycles. The molecule has 3 N–H and O–H groups in total. The van der Waals surface area contributed by atoms with Gasteiger partial charge in [0, 0.05) is 12.1 Å². The van der Waals surface area contributed by atoms with Gasteiger partial charge in [-0.05, 0) is 26.0 Å². The predicted molar refractivity (Wildman–Crippen MR) is 69.6 cm³/mol. The van der Waals surface area contributed by atoms with Gasteiger partial charge in [0.25, 0.3) is 0 Å². The monoisotopic (exact) mass is 264 g/mol. The van der Waals surface area contributed by atoms with Gasteiger partial charge in [-0.1, -0.05) is 18.2 Å². The quantitative estimate of drug-likeness (QED) is 0.773. The zero-order chi connectivity index (χ0) is 14.5. The molecule has 6 nitrogen and oxygen atoms in total. The van der Waals surface area contributed by atoms with Crippen molar-refractivity contribution >= 4 is 23.6 Å². The summed E-state index contributed by atoms with van der Waals surface area (Å²) >= 11 is 0. The molecule has 0 heterocycles. The summed E-state index contributed by atoms with van der Waals surface area (Å²) in [5.74, 6) is -1.73. The summed E-state index contributed by atoms with van der Waals surface area (Å²) in [6.07, 6.45) is -0.273. The number of hydrogen-bond acceptors (Lipinski definition) is 3. The molecule has 0 saturated carbocycles. The largest absolute Gasteiger partial charge is 0.481 e. The lowest BCUT2D eigenvalue weighted by atomic mass is 9.89. The highest BCUT2D eigenvalue weighted by Gasteiger charge is 2.30. The van der Waals surface area contributed by atoms with E-state index in [0.29, 0.717) is 5.69 Å². The topological polar surface area (TPSA) is 95.5 Å². The van der Waals surface area contributed by atoms with Crippen LogP contribution >= 0.6 is 0 Å². The molecule has 0 aliphatic rings. The van der Waals surface area contributed by atoms with Crippen molar-refractivity contribution in [1.29, 1.82) is 0 Å². The number of carboxylic acid groups (broad SMARTS) is 1. The molecule has 0 fully saturated rings. The number of imide groups is 1. The first kappa shape index (κ1) is 14.7. The maximum atomic E-state index is 11.5. The molecule has 0 radical (unpaired) electrons. The lowest BCUT2D eigenvalue weighted by Gasteiger charge is -2.17. The molecular weight excluding hydrogens is 248 g/mol. The van der Waals surface area contributed by atoms with Gasteiger partial charge >= 0.3 is 12.0 Å². The fourth-order valence-corrected chi connectivity index (χ4v) is 1.33. The van der Waals surface area contributed by atoms with Crippen LogP contribution in [-0.2, 0) is 9.59 Å². The van der Waals surface area contributed by atoms with Crippen LogP contribution in [0.2, 0.25) is 0 Å². The minimum atomic E-state index is -1.21. The number of nitrogens with one attached hydrogen (secondary N) is 2. The molecule has 0 aliphatic carbocycles. The molecule has 0 aliphatic heterocycles. The number of carbonyl (C=O) groups is 3. The fourth-order valence-electron chi connectivity index (χ4n) is 1.33. The second kappa shape index (κ2) is 5.99. The minimum Gasteiger partial charge on any atom is -0.481 e. The van der Waals surface area contributed by atoms with Crippen molar-refractivity contribution in [2.45, 2.75) is 20.3 Å². The van der Waals surface area contributed by atoms with E-state index >= 15 is 0 Å². The van der Waals surface area contributed by atoms with E-state index in [-0.39, 0.29) is 6.42 Å². The smallest absolute Gasteiger partial charge is 0.325 e. The van der Waals surface area contributed by atoms with Crippen molar-refractivity contribution in [2.24, 2.45) is 5.41 Å². The Bertz CT molecular complexity index is 483. The highest BCUT2D eigenvalue weighted by Crippen LogP contribution is 2.19. The Kier molecular flexibility index (Phi) is 4.63.